The Morgan fingerprint density at radius 3 is 1.75 bits per heavy atom. The number of ether oxygens (including phenoxy) is 4. The van der Waals surface area contributed by atoms with E-state index in [-0.39, 0.29) is 13.2 Å². The minimum absolute atomic E-state index is 0.0201. The van der Waals surface area contributed by atoms with Gasteiger partial charge in [-0.1, -0.05) is 0 Å². The van der Waals surface area contributed by atoms with Crippen LogP contribution >= 0.6 is 0 Å². The minimum atomic E-state index is -1.25. The summed E-state index contributed by atoms with van der Waals surface area (Å²) in [4.78, 5) is 29.6. The lowest BCUT2D eigenvalue weighted by Gasteiger charge is -2.02. The van der Waals surface area contributed by atoms with Gasteiger partial charge in [-0.05, 0) is 0 Å². The van der Waals surface area contributed by atoms with Gasteiger partial charge in [-0.2, -0.15) is 0 Å². The van der Waals surface area contributed by atoms with Gasteiger partial charge in [0.1, 0.15) is 13.2 Å². The lowest BCUT2D eigenvalue weighted by molar-refractivity contribution is -0.142. The van der Waals surface area contributed by atoms with E-state index in [4.69, 9.17) is 9.90 Å². The molecule has 0 bridgehead atoms. The number of carbonyl (C=O) groups excluding carboxylic acids is 2. The molecule has 0 aliphatic carbocycles. The fourth-order valence-electron chi connectivity index (χ4n) is 0.369. The van der Waals surface area contributed by atoms with Crippen LogP contribution in [-0.2, 0) is 23.7 Å². The quantitative estimate of drug-likeness (QED) is 0.433. The molecule has 0 amide bonds. The SMILES string of the molecule is COC(=O)O.COC(=O)OCCOC(C)=O. The Balaban J connectivity index is 0. The average Bonchev–Trinajstić information content (AvgIpc) is 2.24. The van der Waals surface area contributed by atoms with E-state index < -0.39 is 18.3 Å². The molecule has 8 nitrogen and oxygen atoms in total. The maximum absolute atomic E-state index is 10.3. The van der Waals surface area contributed by atoms with Gasteiger partial charge in [-0.15, -0.1) is 0 Å². The molecule has 0 aliphatic heterocycles. The zero-order chi connectivity index (χ0) is 13.0. The Labute approximate surface area is 92.0 Å². The monoisotopic (exact) mass is 238 g/mol. The van der Waals surface area contributed by atoms with Crippen molar-refractivity contribution in [2.75, 3.05) is 27.4 Å². The van der Waals surface area contributed by atoms with Crippen molar-refractivity contribution in [2.45, 2.75) is 6.92 Å². The summed E-state index contributed by atoms with van der Waals surface area (Å²) in [6.07, 6.45) is -2.03. The van der Waals surface area contributed by atoms with Crippen LogP contribution in [0.4, 0.5) is 9.59 Å². The van der Waals surface area contributed by atoms with Gasteiger partial charge in [-0.3, -0.25) is 4.79 Å². The molecule has 0 aromatic rings. The van der Waals surface area contributed by atoms with Crippen LogP contribution < -0.4 is 0 Å². The molecule has 16 heavy (non-hydrogen) atoms. The van der Waals surface area contributed by atoms with Crippen LogP contribution in [0.25, 0.3) is 0 Å². The highest BCUT2D eigenvalue weighted by molar-refractivity contribution is 5.65. The first-order chi connectivity index (χ1) is 7.43. The summed E-state index contributed by atoms with van der Waals surface area (Å²) in [6.45, 7) is 1.36. The summed E-state index contributed by atoms with van der Waals surface area (Å²) >= 11 is 0. The van der Waals surface area contributed by atoms with E-state index in [0.717, 1.165) is 7.11 Å². The topological polar surface area (TPSA) is 108 Å². The van der Waals surface area contributed by atoms with Crippen molar-refractivity contribution in [3.05, 3.63) is 0 Å². The number of hydrogen-bond acceptors (Lipinski definition) is 7. The zero-order valence-electron chi connectivity index (χ0n) is 9.22. The summed E-state index contributed by atoms with van der Waals surface area (Å²) in [6, 6.07) is 0. The average molecular weight is 238 g/mol. The molecule has 0 spiro atoms. The molecule has 0 aliphatic rings. The number of esters is 1. The number of rotatable bonds is 3. The molecular weight excluding hydrogens is 224 g/mol. The first kappa shape index (κ1) is 16.4. The van der Waals surface area contributed by atoms with Crippen LogP contribution in [0.5, 0.6) is 0 Å². The predicted molar refractivity (Wildman–Crippen MR) is 50.0 cm³/mol. The molecule has 0 aromatic heterocycles. The molecular formula is C8H14O8. The highest BCUT2D eigenvalue weighted by Crippen LogP contribution is 1.83. The second-order valence-electron chi connectivity index (χ2n) is 2.11. The summed E-state index contributed by atoms with van der Waals surface area (Å²) < 4.78 is 16.7. The van der Waals surface area contributed by atoms with Gasteiger partial charge < -0.3 is 24.1 Å². The molecule has 0 radical (unpaired) electrons. The molecule has 0 rings (SSSR count). The highest BCUT2D eigenvalue weighted by atomic mass is 16.7. The number of methoxy groups -OCH3 is 2. The van der Waals surface area contributed by atoms with Gasteiger partial charge in [0.15, 0.2) is 0 Å². The molecule has 0 heterocycles. The Morgan fingerprint density at radius 1 is 1.00 bits per heavy atom. The first-order valence-electron chi connectivity index (χ1n) is 4.05. The van der Waals surface area contributed by atoms with Gasteiger partial charge in [0, 0.05) is 6.92 Å². The van der Waals surface area contributed by atoms with E-state index >= 15 is 0 Å². The predicted octanol–water partition coefficient (Wildman–Crippen LogP) is 0.643. The second kappa shape index (κ2) is 11.1. The largest absolute Gasteiger partial charge is 0.508 e. The number of hydrogen-bond donors (Lipinski definition) is 1. The Kier molecular flexibility index (Phi) is 11.4. The lowest BCUT2D eigenvalue weighted by atomic mass is 10.7. The normalized spacial score (nSPS) is 7.94. The molecule has 0 saturated carbocycles. The number of carbonyl (C=O) groups is 3. The molecule has 0 fully saturated rings. The van der Waals surface area contributed by atoms with Crippen LogP contribution in [0.3, 0.4) is 0 Å². The van der Waals surface area contributed by atoms with Gasteiger partial charge in [0.05, 0.1) is 14.2 Å². The van der Waals surface area contributed by atoms with Crippen molar-refractivity contribution in [3.8, 4) is 0 Å². The van der Waals surface area contributed by atoms with Gasteiger partial charge in [0.2, 0.25) is 0 Å². The molecule has 0 atom stereocenters. The number of carboxylic acid groups (broad SMARTS) is 1. The smallest absolute Gasteiger partial charge is 0.462 e. The second-order valence-corrected chi connectivity index (χ2v) is 2.11. The molecule has 0 saturated heterocycles. The summed E-state index contributed by atoms with van der Waals surface area (Å²) in [5.41, 5.74) is 0. The molecule has 0 unspecified atom stereocenters. The Morgan fingerprint density at radius 2 is 1.44 bits per heavy atom. The van der Waals surface area contributed by atoms with E-state index in [1.807, 2.05) is 0 Å². The summed E-state index contributed by atoms with van der Waals surface area (Å²) in [7, 11) is 2.30. The van der Waals surface area contributed by atoms with E-state index in [0.29, 0.717) is 0 Å². The van der Waals surface area contributed by atoms with Crippen LogP contribution in [0.15, 0.2) is 0 Å². The first-order valence-corrected chi connectivity index (χ1v) is 4.05. The Hall–Kier alpha value is -1.99. The van der Waals surface area contributed by atoms with Crippen molar-refractivity contribution < 1.29 is 38.4 Å². The maximum atomic E-state index is 10.3. The molecule has 94 valence electrons. The Bertz CT molecular complexity index is 224. The molecule has 0 aromatic carbocycles. The van der Waals surface area contributed by atoms with Gasteiger partial charge in [-0.25, -0.2) is 9.59 Å². The maximum Gasteiger partial charge on any atom is 0.508 e. The van der Waals surface area contributed by atoms with Crippen molar-refractivity contribution >= 4 is 18.3 Å². The third-order valence-electron chi connectivity index (χ3n) is 0.950. The fourth-order valence-corrected chi connectivity index (χ4v) is 0.369. The minimum Gasteiger partial charge on any atom is -0.462 e. The van der Waals surface area contributed by atoms with Gasteiger partial charge >= 0.3 is 18.3 Å². The fraction of sp³-hybridized carbons (Fsp3) is 0.625. The van der Waals surface area contributed by atoms with Crippen molar-refractivity contribution in [3.63, 3.8) is 0 Å². The van der Waals surface area contributed by atoms with Crippen LogP contribution in [0.1, 0.15) is 6.92 Å². The van der Waals surface area contributed by atoms with Gasteiger partial charge in [0.25, 0.3) is 0 Å². The lowest BCUT2D eigenvalue weighted by Crippen LogP contribution is -2.11. The van der Waals surface area contributed by atoms with E-state index in [1.54, 1.807) is 0 Å². The van der Waals surface area contributed by atoms with Crippen LogP contribution in [0.2, 0.25) is 0 Å². The van der Waals surface area contributed by atoms with Crippen molar-refractivity contribution in [1.82, 2.24) is 0 Å². The standard InChI is InChI=1S/C6H10O5.C2H4O3/c1-5(7)10-3-4-11-6(8)9-2;1-5-2(3)4/h3-4H2,1-2H3;1H3,(H,3,4). The summed E-state index contributed by atoms with van der Waals surface area (Å²) in [5.74, 6) is -0.404. The van der Waals surface area contributed by atoms with Crippen molar-refractivity contribution in [1.29, 1.82) is 0 Å². The third kappa shape index (κ3) is 17.9. The zero-order valence-corrected chi connectivity index (χ0v) is 9.22. The van der Waals surface area contributed by atoms with Crippen LogP contribution in [0, 0.1) is 0 Å². The van der Waals surface area contributed by atoms with E-state index in [9.17, 15) is 9.59 Å². The van der Waals surface area contributed by atoms with E-state index in [2.05, 4.69) is 18.9 Å². The van der Waals surface area contributed by atoms with Crippen molar-refractivity contribution in [2.24, 2.45) is 0 Å². The van der Waals surface area contributed by atoms with E-state index in [1.165, 1.54) is 14.0 Å². The molecule has 8 heteroatoms. The summed E-state index contributed by atoms with van der Waals surface area (Å²) in [5, 5.41) is 7.50. The highest BCUT2D eigenvalue weighted by Gasteiger charge is 1.99. The molecule has 1 N–H and O–H groups in total. The van der Waals surface area contributed by atoms with Crippen LogP contribution in [-0.4, -0.2) is 50.8 Å². The third-order valence-corrected chi connectivity index (χ3v) is 0.950.